The van der Waals surface area contributed by atoms with Crippen molar-refractivity contribution in [3.63, 3.8) is 0 Å². The van der Waals surface area contributed by atoms with Gasteiger partial charge in [-0.1, -0.05) is 24.3 Å². The standard InChI is InChI=1S/C22H28N2O3/c1-5-27-22(26)19-13(2)20(24-14(19)3)21(25)15(4)23-18-12-8-10-16-9-6-7-11-17(16)18/h6-7,9,11,15,18,23-24H,5,8,10,12H2,1-4H3/t15-,18+/m0/s1. The number of ketones is 1. The van der Waals surface area contributed by atoms with Crippen molar-refractivity contribution in [1.82, 2.24) is 10.3 Å². The molecule has 5 heteroatoms. The number of rotatable bonds is 6. The van der Waals surface area contributed by atoms with E-state index in [0.717, 1.165) is 19.3 Å². The number of aromatic nitrogens is 1. The number of esters is 1. The lowest BCUT2D eigenvalue weighted by Crippen LogP contribution is -2.38. The zero-order valence-corrected chi connectivity index (χ0v) is 16.5. The summed E-state index contributed by atoms with van der Waals surface area (Å²) >= 11 is 0. The molecule has 0 saturated heterocycles. The Bertz CT molecular complexity index is 853. The summed E-state index contributed by atoms with van der Waals surface area (Å²) in [4.78, 5) is 28.3. The molecular weight excluding hydrogens is 340 g/mol. The van der Waals surface area contributed by atoms with Crippen molar-refractivity contribution in [2.75, 3.05) is 6.61 Å². The number of aromatic amines is 1. The van der Waals surface area contributed by atoms with Crippen molar-refractivity contribution in [3.8, 4) is 0 Å². The van der Waals surface area contributed by atoms with Crippen molar-refractivity contribution < 1.29 is 14.3 Å². The molecule has 1 aromatic carbocycles. The molecule has 0 saturated carbocycles. The zero-order valence-electron chi connectivity index (χ0n) is 16.5. The average molecular weight is 368 g/mol. The van der Waals surface area contributed by atoms with E-state index in [1.54, 1.807) is 20.8 Å². The highest BCUT2D eigenvalue weighted by atomic mass is 16.5. The smallest absolute Gasteiger partial charge is 0.340 e. The third-order valence-corrected chi connectivity index (χ3v) is 5.38. The van der Waals surface area contributed by atoms with Crippen LogP contribution in [0.1, 0.15) is 76.0 Å². The Labute approximate surface area is 160 Å². The van der Waals surface area contributed by atoms with Crippen molar-refractivity contribution >= 4 is 11.8 Å². The fraction of sp³-hybridized carbons (Fsp3) is 0.455. The van der Waals surface area contributed by atoms with Crippen LogP contribution < -0.4 is 5.32 Å². The minimum atomic E-state index is -0.385. The first-order chi connectivity index (χ1) is 12.9. The highest BCUT2D eigenvalue weighted by Gasteiger charge is 2.28. The molecule has 0 fully saturated rings. The van der Waals surface area contributed by atoms with Crippen molar-refractivity contribution in [1.29, 1.82) is 0 Å². The quantitative estimate of drug-likeness (QED) is 0.596. The van der Waals surface area contributed by atoms with Gasteiger partial charge in [-0.05, 0) is 63.6 Å². The molecule has 1 aromatic heterocycles. The van der Waals surface area contributed by atoms with Crippen LogP contribution >= 0.6 is 0 Å². The number of H-pyrrole nitrogens is 1. The SMILES string of the molecule is CCOC(=O)c1c(C)[nH]c(C(=O)[C@H](C)N[C@@H]2CCCc3ccccc32)c1C. The highest BCUT2D eigenvalue weighted by molar-refractivity contribution is 6.03. The first-order valence-electron chi connectivity index (χ1n) is 9.68. The third-order valence-electron chi connectivity index (χ3n) is 5.38. The van der Waals surface area contributed by atoms with Crippen LogP contribution in [0.2, 0.25) is 0 Å². The van der Waals surface area contributed by atoms with Gasteiger partial charge >= 0.3 is 5.97 Å². The Morgan fingerprint density at radius 3 is 2.78 bits per heavy atom. The van der Waals surface area contributed by atoms with Gasteiger partial charge in [0.05, 0.1) is 23.9 Å². The van der Waals surface area contributed by atoms with E-state index in [1.807, 2.05) is 6.92 Å². The first-order valence-corrected chi connectivity index (χ1v) is 9.68. The highest BCUT2D eigenvalue weighted by Crippen LogP contribution is 2.30. The second kappa shape index (κ2) is 8.09. The van der Waals surface area contributed by atoms with E-state index in [-0.39, 0.29) is 23.8 Å². The second-order valence-electron chi connectivity index (χ2n) is 7.24. The molecule has 27 heavy (non-hydrogen) atoms. The van der Waals surface area contributed by atoms with E-state index in [0.29, 0.717) is 29.1 Å². The van der Waals surface area contributed by atoms with Crippen molar-refractivity contribution in [3.05, 3.63) is 57.9 Å². The summed E-state index contributed by atoms with van der Waals surface area (Å²) in [7, 11) is 0. The van der Waals surface area contributed by atoms with Gasteiger partial charge in [-0.2, -0.15) is 0 Å². The summed E-state index contributed by atoms with van der Waals surface area (Å²) in [5, 5.41) is 3.50. The number of ether oxygens (including phenoxy) is 1. The van der Waals surface area contributed by atoms with Crippen LogP contribution in [0.15, 0.2) is 24.3 Å². The van der Waals surface area contributed by atoms with E-state index >= 15 is 0 Å². The maximum Gasteiger partial charge on any atom is 0.340 e. The van der Waals surface area contributed by atoms with E-state index in [9.17, 15) is 9.59 Å². The lowest BCUT2D eigenvalue weighted by Gasteiger charge is -2.28. The number of Topliss-reactive ketones (excluding diaryl/α,β-unsaturated/α-hetero) is 1. The Balaban J connectivity index is 1.79. The van der Waals surface area contributed by atoms with Crippen LogP contribution in [-0.2, 0) is 11.2 Å². The van der Waals surface area contributed by atoms with Crippen molar-refractivity contribution in [2.24, 2.45) is 0 Å². The lowest BCUT2D eigenvalue weighted by molar-refractivity contribution is 0.0525. The summed E-state index contributed by atoms with van der Waals surface area (Å²) in [6.07, 6.45) is 3.23. The van der Waals surface area contributed by atoms with E-state index in [1.165, 1.54) is 11.1 Å². The molecule has 0 amide bonds. The van der Waals surface area contributed by atoms with Crippen LogP contribution in [0.3, 0.4) is 0 Å². The van der Waals surface area contributed by atoms with Gasteiger partial charge < -0.3 is 15.0 Å². The molecule has 5 nitrogen and oxygen atoms in total. The number of hydrogen-bond acceptors (Lipinski definition) is 4. The number of nitrogens with one attached hydrogen (secondary N) is 2. The van der Waals surface area contributed by atoms with Gasteiger partial charge in [-0.15, -0.1) is 0 Å². The molecule has 2 N–H and O–H groups in total. The number of benzene rings is 1. The van der Waals surface area contributed by atoms with E-state index in [4.69, 9.17) is 4.74 Å². The Morgan fingerprint density at radius 1 is 1.30 bits per heavy atom. The van der Waals surface area contributed by atoms with E-state index < -0.39 is 0 Å². The molecule has 0 radical (unpaired) electrons. The molecule has 1 aliphatic rings. The molecule has 3 rings (SSSR count). The Hall–Kier alpha value is -2.40. The van der Waals surface area contributed by atoms with Crippen molar-refractivity contribution in [2.45, 2.75) is 59.0 Å². The minimum Gasteiger partial charge on any atom is -0.462 e. The molecule has 0 spiro atoms. The maximum absolute atomic E-state index is 13.1. The summed E-state index contributed by atoms with van der Waals surface area (Å²) in [5.41, 5.74) is 4.93. The largest absolute Gasteiger partial charge is 0.462 e. The summed E-state index contributed by atoms with van der Waals surface area (Å²) in [6.45, 7) is 7.57. The lowest BCUT2D eigenvalue weighted by atomic mass is 9.87. The van der Waals surface area contributed by atoms with Gasteiger partial charge in [-0.3, -0.25) is 4.79 Å². The maximum atomic E-state index is 13.1. The molecule has 2 aromatic rings. The minimum absolute atomic E-state index is 0.0331. The van der Waals surface area contributed by atoms with Gasteiger partial charge in [-0.25, -0.2) is 4.79 Å². The zero-order chi connectivity index (χ0) is 19.6. The number of carbonyl (C=O) groups excluding carboxylic acids is 2. The number of hydrogen-bond donors (Lipinski definition) is 2. The van der Waals surface area contributed by atoms with E-state index in [2.05, 4.69) is 34.6 Å². The molecular formula is C22H28N2O3. The number of carbonyl (C=O) groups is 2. The van der Waals surface area contributed by atoms with Gasteiger partial charge in [0.15, 0.2) is 5.78 Å². The predicted octanol–water partition coefficient (Wildman–Crippen LogP) is 4.05. The van der Waals surface area contributed by atoms with Gasteiger partial charge in [0.1, 0.15) is 0 Å². The molecule has 0 aliphatic heterocycles. The predicted molar refractivity (Wildman–Crippen MR) is 105 cm³/mol. The van der Waals surface area contributed by atoms with Gasteiger partial charge in [0.25, 0.3) is 0 Å². The van der Waals surface area contributed by atoms with Crippen LogP contribution in [-0.4, -0.2) is 29.4 Å². The molecule has 0 unspecified atom stereocenters. The summed E-state index contributed by atoms with van der Waals surface area (Å²) in [6, 6.07) is 8.25. The van der Waals surface area contributed by atoms with Gasteiger partial charge in [0.2, 0.25) is 0 Å². The molecule has 144 valence electrons. The summed E-state index contributed by atoms with van der Waals surface area (Å²) < 4.78 is 5.12. The Kier molecular flexibility index (Phi) is 5.80. The van der Waals surface area contributed by atoms with Crippen LogP contribution in [0, 0.1) is 13.8 Å². The number of aryl methyl sites for hydroxylation is 2. The molecule has 0 bridgehead atoms. The number of fused-ring (bicyclic) bond motifs is 1. The monoisotopic (exact) mass is 368 g/mol. The Morgan fingerprint density at radius 2 is 2.04 bits per heavy atom. The molecule has 2 atom stereocenters. The summed E-state index contributed by atoms with van der Waals surface area (Å²) in [5.74, 6) is -0.418. The van der Waals surface area contributed by atoms with Crippen LogP contribution in [0.5, 0.6) is 0 Å². The van der Waals surface area contributed by atoms with Crippen LogP contribution in [0.4, 0.5) is 0 Å². The molecule has 1 heterocycles. The second-order valence-corrected chi connectivity index (χ2v) is 7.24. The normalized spacial score (nSPS) is 17.3. The van der Waals surface area contributed by atoms with Crippen LogP contribution in [0.25, 0.3) is 0 Å². The first kappa shape index (κ1) is 19.4. The average Bonchev–Trinajstić information content (AvgIpc) is 2.95. The molecule has 1 aliphatic carbocycles. The fourth-order valence-corrected chi connectivity index (χ4v) is 4.03. The van der Waals surface area contributed by atoms with Gasteiger partial charge in [0, 0.05) is 11.7 Å². The fourth-order valence-electron chi connectivity index (χ4n) is 4.03. The topological polar surface area (TPSA) is 71.2 Å². The third kappa shape index (κ3) is 3.83.